The smallest absolute Gasteiger partial charge is 0.186 e. The van der Waals surface area contributed by atoms with Crippen LogP contribution < -0.4 is 5.73 Å². The van der Waals surface area contributed by atoms with Crippen molar-refractivity contribution in [2.24, 2.45) is 0 Å². The highest BCUT2D eigenvalue weighted by Gasteiger charge is 2.20. The van der Waals surface area contributed by atoms with Crippen molar-refractivity contribution in [1.82, 2.24) is 4.98 Å². The van der Waals surface area contributed by atoms with Gasteiger partial charge in [0.05, 0.1) is 20.8 Å². The molecule has 0 bridgehead atoms. The van der Waals surface area contributed by atoms with Crippen molar-refractivity contribution in [1.29, 1.82) is 0 Å². The summed E-state index contributed by atoms with van der Waals surface area (Å²) in [6.45, 7) is 0. The second-order valence-corrected chi connectivity index (χ2v) is 7.45. The third-order valence-electron chi connectivity index (χ3n) is 2.91. The highest BCUT2D eigenvalue weighted by atomic mass is 32.2. The molecule has 4 nitrogen and oxygen atoms in total. The zero-order valence-electron chi connectivity index (χ0n) is 10.5. The standard InChI is InChI=1S/C14H12N2O2S2/c15-10-5-1-4-8-13(10)20(17,18)9-14-16-11-6-2-3-7-12(11)19-14/h1-8H,9,15H2. The Bertz CT molecular complexity index is 837. The molecule has 3 rings (SSSR count). The quantitative estimate of drug-likeness (QED) is 0.755. The fourth-order valence-corrected chi connectivity index (χ4v) is 4.71. The molecule has 2 N–H and O–H groups in total. The maximum absolute atomic E-state index is 12.4. The van der Waals surface area contributed by atoms with Crippen LogP contribution in [0.2, 0.25) is 0 Å². The van der Waals surface area contributed by atoms with Crippen molar-refractivity contribution in [3.63, 3.8) is 0 Å². The van der Waals surface area contributed by atoms with E-state index in [4.69, 9.17) is 5.73 Å². The van der Waals surface area contributed by atoms with Crippen LogP contribution in [0.4, 0.5) is 5.69 Å². The molecule has 0 saturated carbocycles. The van der Waals surface area contributed by atoms with Crippen LogP contribution >= 0.6 is 11.3 Å². The van der Waals surface area contributed by atoms with Gasteiger partial charge in [0.1, 0.15) is 10.8 Å². The molecule has 0 aliphatic carbocycles. The Hall–Kier alpha value is -1.92. The van der Waals surface area contributed by atoms with E-state index in [9.17, 15) is 8.42 Å². The minimum absolute atomic E-state index is 0.124. The van der Waals surface area contributed by atoms with E-state index < -0.39 is 9.84 Å². The van der Waals surface area contributed by atoms with Crippen LogP contribution in [0, 0.1) is 0 Å². The van der Waals surface area contributed by atoms with Gasteiger partial charge in [-0.15, -0.1) is 11.3 Å². The van der Waals surface area contributed by atoms with Crippen molar-refractivity contribution >= 4 is 37.1 Å². The normalized spacial score (nSPS) is 11.8. The average Bonchev–Trinajstić information content (AvgIpc) is 2.80. The number of para-hydroxylation sites is 2. The molecule has 0 saturated heterocycles. The molecule has 0 amide bonds. The second kappa shape index (κ2) is 4.88. The molecule has 0 spiro atoms. The predicted molar refractivity (Wildman–Crippen MR) is 81.4 cm³/mol. The number of rotatable bonds is 3. The molecular weight excluding hydrogens is 292 g/mol. The number of hydrogen-bond acceptors (Lipinski definition) is 5. The van der Waals surface area contributed by atoms with Crippen LogP contribution in [0.15, 0.2) is 53.4 Å². The van der Waals surface area contributed by atoms with Crippen molar-refractivity contribution in [3.8, 4) is 0 Å². The molecule has 1 aromatic heterocycles. The number of benzene rings is 2. The van der Waals surface area contributed by atoms with E-state index in [2.05, 4.69) is 4.98 Å². The van der Waals surface area contributed by atoms with E-state index in [1.54, 1.807) is 18.2 Å². The predicted octanol–water partition coefficient (Wildman–Crippen LogP) is 2.85. The summed E-state index contributed by atoms with van der Waals surface area (Å²) in [6.07, 6.45) is 0. The Morgan fingerprint density at radius 2 is 1.75 bits per heavy atom. The van der Waals surface area contributed by atoms with Gasteiger partial charge in [-0.1, -0.05) is 24.3 Å². The van der Waals surface area contributed by atoms with E-state index in [1.165, 1.54) is 17.4 Å². The molecule has 20 heavy (non-hydrogen) atoms. The van der Waals surface area contributed by atoms with Crippen LogP contribution in [0.3, 0.4) is 0 Å². The summed E-state index contributed by atoms with van der Waals surface area (Å²) in [4.78, 5) is 4.52. The number of nitrogen functional groups attached to an aromatic ring is 1. The molecule has 3 aromatic rings. The minimum atomic E-state index is -3.47. The van der Waals surface area contributed by atoms with Gasteiger partial charge in [0, 0.05) is 0 Å². The van der Waals surface area contributed by atoms with Crippen LogP contribution in [-0.4, -0.2) is 13.4 Å². The van der Waals surface area contributed by atoms with Crippen LogP contribution in [0.25, 0.3) is 10.2 Å². The summed E-state index contributed by atoms with van der Waals surface area (Å²) in [5.74, 6) is -0.124. The molecule has 0 atom stereocenters. The number of hydrogen-bond donors (Lipinski definition) is 1. The summed E-state index contributed by atoms with van der Waals surface area (Å²) in [5.41, 5.74) is 6.83. The maximum Gasteiger partial charge on any atom is 0.186 e. The van der Waals surface area contributed by atoms with Gasteiger partial charge in [0.15, 0.2) is 9.84 Å². The number of thiazole rings is 1. The van der Waals surface area contributed by atoms with Crippen LogP contribution in [-0.2, 0) is 15.6 Å². The molecule has 0 radical (unpaired) electrons. The van der Waals surface area contributed by atoms with E-state index in [1.807, 2.05) is 24.3 Å². The summed E-state index contributed by atoms with van der Waals surface area (Å²) in [5, 5.41) is 0.578. The van der Waals surface area contributed by atoms with E-state index in [0.29, 0.717) is 5.01 Å². The Balaban J connectivity index is 1.99. The fourth-order valence-electron chi connectivity index (χ4n) is 1.99. The molecule has 0 aliphatic heterocycles. The number of fused-ring (bicyclic) bond motifs is 1. The third kappa shape index (κ3) is 2.39. The SMILES string of the molecule is Nc1ccccc1S(=O)(=O)Cc1nc2ccccc2s1. The molecular formula is C14H12N2O2S2. The largest absolute Gasteiger partial charge is 0.398 e. The summed E-state index contributed by atoms with van der Waals surface area (Å²) < 4.78 is 25.8. The Labute approximate surface area is 120 Å². The summed E-state index contributed by atoms with van der Waals surface area (Å²) >= 11 is 1.39. The lowest BCUT2D eigenvalue weighted by molar-refractivity contribution is 0.595. The zero-order chi connectivity index (χ0) is 14.2. The van der Waals surface area contributed by atoms with E-state index in [-0.39, 0.29) is 16.3 Å². The first-order valence-electron chi connectivity index (χ1n) is 5.98. The van der Waals surface area contributed by atoms with E-state index >= 15 is 0 Å². The lowest BCUT2D eigenvalue weighted by atomic mass is 10.3. The van der Waals surface area contributed by atoms with Gasteiger partial charge in [-0.3, -0.25) is 0 Å². The van der Waals surface area contributed by atoms with E-state index in [0.717, 1.165) is 10.2 Å². The van der Waals surface area contributed by atoms with Crippen LogP contribution in [0.5, 0.6) is 0 Å². The number of nitrogens with two attached hydrogens (primary N) is 1. The van der Waals surface area contributed by atoms with Gasteiger partial charge in [0.25, 0.3) is 0 Å². The summed E-state index contributed by atoms with van der Waals surface area (Å²) in [6, 6.07) is 14.1. The molecule has 0 unspecified atom stereocenters. The maximum atomic E-state index is 12.4. The third-order valence-corrected chi connectivity index (χ3v) is 5.82. The molecule has 0 fully saturated rings. The Morgan fingerprint density at radius 1 is 1.05 bits per heavy atom. The molecule has 0 aliphatic rings. The van der Waals surface area contributed by atoms with Gasteiger partial charge in [-0.2, -0.15) is 0 Å². The van der Waals surface area contributed by atoms with Gasteiger partial charge >= 0.3 is 0 Å². The van der Waals surface area contributed by atoms with Crippen molar-refractivity contribution in [2.45, 2.75) is 10.6 Å². The van der Waals surface area contributed by atoms with Crippen molar-refractivity contribution in [2.75, 3.05) is 5.73 Å². The van der Waals surface area contributed by atoms with Crippen molar-refractivity contribution < 1.29 is 8.42 Å². The highest BCUT2D eigenvalue weighted by Crippen LogP contribution is 2.27. The number of sulfone groups is 1. The summed E-state index contributed by atoms with van der Waals surface area (Å²) in [7, 11) is -3.47. The molecule has 2 aromatic carbocycles. The minimum Gasteiger partial charge on any atom is -0.398 e. The topological polar surface area (TPSA) is 73.1 Å². The first kappa shape index (κ1) is 13.1. The van der Waals surface area contributed by atoms with Gasteiger partial charge in [-0.25, -0.2) is 13.4 Å². The molecule has 102 valence electrons. The number of nitrogens with zero attached hydrogens (tertiary/aromatic N) is 1. The number of aromatic nitrogens is 1. The Morgan fingerprint density at radius 3 is 2.50 bits per heavy atom. The average molecular weight is 304 g/mol. The number of anilines is 1. The first-order chi connectivity index (χ1) is 9.56. The van der Waals surface area contributed by atoms with Gasteiger partial charge in [0.2, 0.25) is 0 Å². The monoisotopic (exact) mass is 304 g/mol. The highest BCUT2D eigenvalue weighted by molar-refractivity contribution is 7.91. The first-order valence-corrected chi connectivity index (χ1v) is 8.45. The molecule has 1 heterocycles. The fraction of sp³-hybridized carbons (Fsp3) is 0.0714. The Kier molecular flexibility index (Phi) is 3.19. The van der Waals surface area contributed by atoms with Gasteiger partial charge in [-0.05, 0) is 24.3 Å². The van der Waals surface area contributed by atoms with Crippen molar-refractivity contribution in [3.05, 3.63) is 53.5 Å². The zero-order valence-corrected chi connectivity index (χ0v) is 12.1. The van der Waals surface area contributed by atoms with Gasteiger partial charge < -0.3 is 5.73 Å². The molecule has 6 heteroatoms. The lowest BCUT2D eigenvalue weighted by Crippen LogP contribution is -2.07. The second-order valence-electron chi connectivity index (χ2n) is 4.37. The lowest BCUT2D eigenvalue weighted by Gasteiger charge is -2.05. The van der Waals surface area contributed by atoms with Crippen LogP contribution in [0.1, 0.15) is 5.01 Å².